The Morgan fingerprint density at radius 3 is 3.00 bits per heavy atom. The van der Waals surface area contributed by atoms with Crippen molar-refractivity contribution in [3.8, 4) is 0 Å². The number of aromatic nitrogens is 2. The number of benzene rings is 1. The first-order chi connectivity index (χ1) is 7.20. The number of amides is 1. The Balaban J connectivity index is 0.00000128. The Morgan fingerprint density at radius 1 is 1.56 bits per heavy atom. The van der Waals surface area contributed by atoms with Gasteiger partial charge in [0.05, 0.1) is 11.6 Å². The monoisotopic (exact) mass is 242 g/mol. The molecule has 0 saturated heterocycles. The molecule has 0 radical (unpaired) electrons. The molecule has 0 saturated carbocycles. The Hall–Kier alpha value is -1.79. The summed E-state index contributed by atoms with van der Waals surface area (Å²) in [5.74, 6) is -0.494. The molecule has 0 fully saturated rings. The number of halogens is 1. The van der Waals surface area contributed by atoms with Gasteiger partial charge in [-0.15, -0.1) is 4.68 Å². The van der Waals surface area contributed by atoms with Crippen molar-refractivity contribution in [2.75, 3.05) is 5.73 Å². The average molecular weight is 243 g/mol. The number of H-pyrrole nitrogens is 1. The summed E-state index contributed by atoms with van der Waals surface area (Å²) >= 11 is 0. The van der Waals surface area contributed by atoms with Gasteiger partial charge in [0, 0.05) is 11.8 Å². The van der Waals surface area contributed by atoms with Crippen LogP contribution in [0.25, 0.3) is 10.9 Å². The quantitative estimate of drug-likeness (QED) is 0.191. The highest BCUT2D eigenvalue weighted by atomic mass is 35.5. The van der Waals surface area contributed by atoms with E-state index in [9.17, 15) is 4.79 Å². The molecule has 1 aromatic carbocycles. The average Bonchev–Trinajstić information content (AvgIpc) is 2.61. The number of rotatable bonds is 2. The molecule has 6 nitrogen and oxygen atoms in total. The van der Waals surface area contributed by atoms with Crippen LogP contribution in [0.5, 0.6) is 0 Å². The summed E-state index contributed by atoms with van der Waals surface area (Å²) in [5.41, 5.74) is 8.65. The standard InChI is InChI=1S/C9H10N4O2.ClH/c10-7-2-1-6-4-11-13(8(6)3-7)5-9(14)12-15;/h1-4H,5H2,(H4,10,11,12,14,15);1H. The third-order valence-electron chi connectivity index (χ3n) is 2.15. The number of carbonyl (C=O) groups is 1. The molecule has 7 heteroatoms. The molecule has 16 heavy (non-hydrogen) atoms. The molecule has 0 aliphatic heterocycles. The summed E-state index contributed by atoms with van der Waals surface area (Å²) < 4.78 is 1.59. The predicted molar refractivity (Wildman–Crippen MR) is 52.8 cm³/mol. The topological polar surface area (TPSA) is 95.0 Å². The minimum Gasteiger partial charge on any atom is -1.00 e. The van der Waals surface area contributed by atoms with Crippen molar-refractivity contribution >= 4 is 22.5 Å². The number of hydrogen-bond donors (Lipinski definition) is 4. The molecular formula is C9H11ClN4O2. The summed E-state index contributed by atoms with van der Waals surface area (Å²) in [5, 5.41) is 12.3. The molecule has 86 valence electrons. The molecule has 1 amide bonds. The van der Waals surface area contributed by atoms with Crippen LogP contribution in [0, 0.1) is 0 Å². The van der Waals surface area contributed by atoms with Gasteiger partial charge in [-0.1, -0.05) is 0 Å². The Kier molecular flexibility index (Phi) is 3.70. The van der Waals surface area contributed by atoms with E-state index in [1.165, 1.54) is 0 Å². The first-order valence-electron chi connectivity index (χ1n) is 4.40. The minimum absolute atomic E-state index is 0. The summed E-state index contributed by atoms with van der Waals surface area (Å²) in [7, 11) is 0. The van der Waals surface area contributed by atoms with E-state index in [0.29, 0.717) is 5.69 Å². The van der Waals surface area contributed by atoms with Crippen LogP contribution < -0.4 is 28.3 Å². The molecule has 1 heterocycles. The molecule has 1 aromatic heterocycles. The highest BCUT2D eigenvalue weighted by Crippen LogP contribution is 2.12. The number of aromatic amines is 1. The Labute approximate surface area is 97.4 Å². The van der Waals surface area contributed by atoms with Gasteiger partial charge in [-0.25, -0.2) is 5.48 Å². The van der Waals surface area contributed by atoms with Crippen LogP contribution >= 0.6 is 0 Å². The first-order valence-corrected chi connectivity index (χ1v) is 4.40. The van der Waals surface area contributed by atoms with Gasteiger partial charge in [0.2, 0.25) is 5.52 Å². The lowest BCUT2D eigenvalue weighted by molar-refractivity contribution is -0.715. The van der Waals surface area contributed by atoms with Crippen molar-refractivity contribution in [3.63, 3.8) is 0 Å². The van der Waals surface area contributed by atoms with Crippen LogP contribution in [0.3, 0.4) is 0 Å². The van der Waals surface area contributed by atoms with E-state index in [1.54, 1.807) is 28.5 Å². The maximum absolute atomic E-state index is 11.0. The number of nitrogens with one attached hydrogen (secondary N) is 2. The van der Waals surface area contributed by atoms with Gasteiger partial charge >= 0.3 is 5.91 Å². The summed E-state index contributed by atoms with van der Waals surface area (Å²) in [6, 6.07) is 5.40. The fourth-order valence-electron chi connectivity index (χ4n) is 1.44. The third-order valence-corrected chi connectivity index (χ3v) is 2.15. The number of anilines is 1. The number of nitrogens with zero attached hydrogens (tertiary/aromatic N) is 1. The fraction of sp³-hybridized carbons (Fsp3) is 0.111. The largest absolute Gasteiger partial charge is 1.00 e. The zero-order chi connectivity index (χ0) is 10.8. The van der Waals surface area contributed by atoms with Gasteiger partial charge in [0.15, 0.2) is 0 Å². The lowest BCUT2D eigenvalue weighted by atomic mass is 10.2. The van der Waals surface area contributed by atoms with Crippen molar-refractivity contribution in [1.82, 2.24) is 10.6 Å². The second-order valence-electron chi connectivity index (χ2n) is 3.21. The van der Waals surface area contributed by atoms with Gasteiger partial charge in [-0.3, -0.25) is 10.0 Å². The van der Waals surface area contributed by atoms with Crippen LogP contribution in [-0.2, 0) is 11.3 Å². The second kappa shape index (κ2) is 4.82. The second-order valence-corrected chi connectivity index (χ2v) is 3.21. The van der Waals surface area contributed by atoms with Gasteiger partial charge in [0.1, 0.15) is 0 Å². The number of hydroxylamine groups is 1. The van der Waals surface area contributed by atoms with Gasteiger partial charge in [0.25, 0.3) is 6.54 Å². The van der Waals surface area contributed by atoms with Crippen LogP contribution in [0.1, 0.15) is 0 Å². The highest BCUT2D eigenvalue weighted by Gasteiger charge is 2.15. The Morgan fingerprint density at radius 2 is 2.31 bits per heavy atom. The van der Waals surface area contributed by atoms with E-state index in [0.717, 1.165) is 10.9 Å². The molecule has 0 aliphatic rings. The van der Waals surface area contributed by atoms with E-state index in [1.807, 2.05) is 6.07 Å². The molecule has 2 rings (SSSR count). The molecule has 5 N–H and O–H groups in total. The Bertz CT molecular complexity index is 511. The van der Waals surface area contributed by atoms with Crippen LogP contribution in [0.15, 0.2) is 24.4 Å². The van der Waals surface area contributed by atoms with Crippen LogP contribution in [0.2, 0.25) is 0 Å². The number of carbonyl (C=O) groups excluding carboxylic acids is 1. The number of hydrogen-bond acceptors (Lipinski definition) is 3. The minimum atomic E-state index is -0.494. The fourth-order valence-corrected chi connectivity index (χ4v) is 1.44. The smallest absolute Gasteiger partial charge is 0.311 e. The summed E-state index contributed by atoms with van der Waals surface area (Å²) in [6.07, 6.45) is 1.76. The predicted octanol–water partition coefficient (Wildman–Crippen LogP) is -3.45. The van der Waals surface area contributed by atoms with Gasteiger partial charge < -0.3 is 18.1 Å². The normalized spacial score (nSPS) is 9.81. The van der Waals surface area contributed by atoms with Crippen LogP contribution in [-0.4, -0.2) is 16.2 Å². The van der Waals surface area contributed by atoms with Crippen LogP contribution in [0.4, 0.5) is 5.69 Å². The molecule has 0 unspecified atom stereocenters. The highest BCUT2D eigenvalue weighted by molar-refractivity contribution is 5.79. The zero-order valence-electron chi connectivity index (χ0n) is 8.27. The zero-order valence-corrected chi connectivity index (χ0v) is 9.03. The SMILES string of the molecule is Nc1ccc2c[nH][n+](CC(=O)NO)c2c1.[Cl-]. The molecule has 2 aromatic rings. The maximum Gasteiger partial charge on any atom is 0.311 e. The summed E-state index contributed by atoms with van der Waals surface area (Å²) in [6.45, 7) is 0.0173. The van der Waals surface area contributed by atoms with E-state index in [4.69, 9.17) is 10.9 Å². The maximum atomic E-state index is 11.0. The number of fused-ring (bicyclic) bond motifs is 1. The van der Waals surface area contributed by atoms with Crippen molar-refractivity contribution in [2.45, 2.75) is 6.54 Å². The van der Waals surface area contributed by atoms with Crippen molar-refractivity contribution in [1.29, 1.82) is 0 Å². The van der Waals surface area contributed by atoms with E-state index >= 15 is 0 Å². The van der Waals surface area contributed by atoms with E-state index in [-0.39, 0.29) is 19.0 Å². The number of nitrogen functional groups attached to an aromatic ring is 1. The van der Waals surface area contributed by atoms with Gasteiger partial charge in [-0.05, 0) is 12.1 Å². The van der Waals surface area contributed by atoms with Gasteiger partial charge in [-0.2, -0.15) is 5.10 Å². The number of nitrogens with two attached hydrogens (primary N) is 1. The summed E-state index contributed by atoms with van der Waals surface area (Å²) in [4.78, 5) is 11.0. The molecule has 0 aliphatic carbocycles. The third kappa shape index (κ3) is 2.23. The first kappa shape index (κ1) is 12.3. The van der Waals surface area contributed by atoms with Crippen molar-refractivity contribution in [2.24, 2.45) is 0 Å². The molecular weight excluding hydrogens is 232 g/mol. The van der Waals surface area contributed by atoms with Crippen molar-refractivity contribution < 1.29 is 27.1 Å². The van der Waals surface area contributed by atoms with E-state index in [2.05, 4.69) is 5.10 Å². The van der Waals surface area contributed by atoms with E-state index < -0.39 is 5.91 Å². The molecule has 0 atom stereocenters. The van der Waals surface area contributed by atoms with Crippen molar-refractivity contribution in [3.05, 3.63) is 24.4 Å². The molecule has 0 spiro atoms. The lowest BCUT2D eigenvalue weighted by Gasteiger charge is -1.93. The lowest BCUT2D eigenvalue weighted by Crippen LogP contribution is -3.00. The molecule has 0 bridgehead atoms.